The summed E-state index contributed by atoms with van der Waals surface area (Å²) in [6.07, 6.45) is 3.87. The highest BCUT2D eigenvalue weighted by Crippen LogP contribution is 2.22. The third-order valence-electron chi connectivity index (χ3n) is 2.82. The first-order valence-electron chi connectivity index (χ1n) is 5.25. The Kier molecular flexibility index (Phi) is 2.33. The molecule has 0 atom stereocenters. The number of pyridine rings is 1. The Labute approximate surface area is 101 Å². The molecule has 1 aliphatic rings. The minimum absolute atomic E-state index is 0.335. The predicted octanol–water partition coefficient (Wildman–Crippen LogP) is 1.39. The Morgan fingerprint density at radius 1 is 1.50 bits per heavy atom. The maximum Gasteiger partial charge on any atom is 0.243 e. The van der Waals surface area contributed by atoms with Crippen LogP contribution in [0, 0.1) is 0 Å². The second-order valence-electron chi connectivity index (χ2n) is 4.13. The molecule has 2 heterocycles. The normalized spacial score (nSPS) is 24.4. The first-order chi connectivity index (χ1) is 7.72. The summed E-state index contributed by atoms with van der Waals surface area (Å²) in [6, 6.07) is 4.63. The van der Waals surface area contributed by atoms with Crippen molar-refractivity contribution in [3.8, 4) is 0 Å². The van der Waals surface area contributed by atoms with Crippen molar-refractivity contribution in [1.29, 1.82) is 0 Å². The summed E-state index contributed by atoms with van der Waals surface area (Å²) in [6.45, 7) is 0. The van der Waals surface area contributed by atoms with Gasteiger partial charge in [-0.2, -0.15) is 4.98 Å². The van der Waals surface area contributed by atoms with Crippen LogP contribution < -0.4 is 11.1 Å². The van der Waals surface area contributed by atoms with Gasteiger partial charge in [0, 0.05) is 18.3 Å². The Morgan fingerprint density at radius 3 is 3.00 bits per heavy atom. The van der Waals surface area contributed by atoms with Gasteiger partial charge in [-0.1, -0.05) is 0 Å². The fraction of sp³-hybridized carbons (Fsp3) is 0.400. The van der Waals surface area contributed by atoms with Crippen LogP contribution in [0.4, 0.5) is 5.95 Å². The minimum atomic E-state index is 0.335. The largest absolute Gasteiger partial charge is 0.350 e. The van der Waals surface area contributed by atoms with Crippen LogP contribution in [0.3, 0.4) is 0 Å². The number of aromatic nitrogens is 3. The van der Waals surface area contributed by atoms with Gasteiger partial charge in [-0.25, -0.2) is 4.52 Å². The number of nitrogens with one attached hydrogen (secondary N) is 1. The molecule has 2 aromatic rings. The van der Waals surface area contributed by atoms with Gasteiger partial charge in [0.1, 0.15) is 0 Å². The lowest BCUT2D eigenvalue weighted by Crippen LogP contribution is -2.44. The van der Waals surface area contributed by atoms with Gasteiger partial charge in [-0.15, -0.1) is 5.10 Å². The first kappa shape index (κ1) is 10.0. The van der Waals surface area contributed by atoms with Crippen molar-refractivity contribution >= 4 is 27.5 Å². The molecule has 1 aliphatic carbocycles. The maximum atomic E-state index is 5.73. The van der Waals surface area contributed by atoms with Crippen LogP contribution in [0.15, 0.2) is 22.8 Å². The van der Waals surface area contributed by atoms with Crippen LogP contribution in [-0.4, -0.2) is 26.7 Å². The van der Waals surface area contributed by atoms with Gasteiger partial charge in [-0.3, -0.25) is 0 Å². The van der Waals surface area contributed by atoms with Crippen molar-refractivity contribution in [3.63, 3.8) is 0 Å². The standard InChI is InChI=1S/C10H12BrN5/c11-8-2-1-3-16-9(8)14-10(15-16)13-7-4-6(12)5-7/h1-3,6-7H,4-5,12H2,(H,13,15). The summed E-state index contributed by atoms with van der Waals surface area (Å²) in [5, 5.41) is 7.63. The molecule has 0 spiro atoms. The highest BCUT2D eigenvalue weighted by molar-refractivity contribution is 9.10. The van der Waals surface area contributed by atoms with E-state index >= 15 is 0 Å². The fourth-order valence-electron chi connectivity index (χ4n) is 1.90. The Balaban J connectivity index is 1.85. The minimum Gasteiger partial charge on any atom is -0.350 e. The van der Waals surface area contributed by atoms with Gasteiger partial charge in [0.25, 0.3) is 0 Å². The maximum absolute atomic E-state index is 5.73. The number of fused-ring (bicyclic) bond motifs is 1. The van der Waals surface area contributed by atoms with Crippen LogP contribution in [0.1, 0.15) is 12.8 Å². The molecule has 0 amide bonds. The third-order valence-corrected chi connectivity index (χ3v) is 3.44. The number of anilines is 1. The highest BCUT2D eigenvalue weighted by atomic mass is 79.9. The van der Waals surface area contributed by atoms with Gasteiger partial charge in [0.05, 0.1) is 4.47 Å². The van der Waals surface area contributed by atoms with Gasteiger partial charge < -0.3 is 11.1 Å². The van der Waals surface area contributed by atoms with Crippen LogP contribution in [0.25, 0.3) is 5.65 Å². The molecule has 0 bridgehead atoms. The molecule has 3 rings (SSSR count). The van der Waals surface area contributed by atoms with Crippen molar-refractivity contribution < 1.29 is 0 Å². The van der Waals surface area contributed by atoms with Crippen molar-refractivity contribution in [3.05, 3.63) is 22.8 Å². The zero-order chi connectivity index (χ0) is 11.1. The summed E-state index contributed by atoms with van der Waals surface area (Å²) in [4.78, 5) is 4.41. The summed E-state index contributed by atoms with van der Waals surface area (Å²) in [5.74, 6) is 0.670. The molecule has 16 heavy (non-hydrogen) atoms. The quantitative estimate of drug-likeness (QED) is 0.873. The molecule has 6 heteroatoms. The smallest absolute Gasteiger partial charge is 0.243 e. The number of nitrogens with zero attached hydrogens (tertiary/aromatic N) is 3. The molecule has 5 nitrogen and oxygen atoms in total. The van der Waals surface area contributed by atoms with Crippen molar-refractivity contribution in [2.45, 2.75) is 24.9 Å². The highest BCUT2D eigenvalue weighted by Gasteiger charge is 2.26. The van der Waals surface area contributed by atoms with Gasteiger partial charge in [-0.05, 0) is 40.9 Å². The monoisotopic (exact) mass is 281 g/mol. The second-order valence-corrected chi connectivity index (χ2v) is 4.99. The number of nitrogens with two attached hydrogens (primary N) is 1. The molecule has 84 valence electrons. The van der Waals surface area contributed by atoms with Crippen LogP contribution in [-0.2, 0) is 0 Å². The van der Waals surface area contributed by atoms with E-state index in [0.717, 1.165) is 23.0 Å². The van der Waals surface area contributed by atoms with E-state index in [1.54, 1.807) is 4.52 Å². The van der Waals surface area contributed by atoms with Crippen LogP contribution in [0.2, 0.25) is 0 Å². The Bertz CT molecular complexity index is 517. The Morgan fingerprint density at radius 2 is 2.31 bits per heavy atom. The molecule has 0 saturated heterocycles. The van der Waals surface area contributed by atoms with E-state index < -0.39 is 0 Å². The number of hydrogen-bond acceptors (Lipinski definition) is 4. The summed E-state index contributed by atoms with van der Waals surface area (Å²) >= 11 is 3.45. The lowest BCUT2D eigenvalue weighted by Gasteiger charge is -2.32. The van der Waals surface area contributed by atoms with Crippen molar-refractivity contribution in [2.24, 2.45) is 5.73 Å². The van der Waals surface area contributed by atoms with E-state index in [2.05, 4.69) is 31.3 Å². The number of rotatable bonds is 2. The SMILES string of the molecule is NC1CC(Nc2nc3c(Br)cccn3n2)C1. The van der Waals surface area contributed by atoms with Crippen molar-refractivity contribution in [2.75, 3.05) is 5.32 Å². The van der Waals surface area contributed by atoms with E-state index in [9.17, 15) is 0 Å². The number of halogens is 1. The zero-order valence-corrected chi connectivity index (χ0v) is 10.2. The first-order valence-corrected chi connectivity index (χ1v) is 6.04. The average molecular weight is 282 g/mol. The molecule has 0 aromatic carbocycles. The topological polar surface area (TPSA) is 68.2 Å². The lowest BCUT2D eigenvalue weighted by atomic mass is 9.88. The van der Waals surface area contributed by atoms with Crippen LogP contribution >= 0.6 is 15.9 Å². The average Bonchev–Trinajstić information content (AvgIpc) is 2.60. The third kappa shape index (κ3) is 1.68. The molecule has 3 N–H and O–H groups in total. The Hall–Kier alpha value is -1.14. The molecule has 1 fully saturated rings. The van der Waals surface area contributed by atoms with E-state index in [-0.39, 0.29) is 0 Å². The van der Waals surface area contributed by atoms with E-state index in [1.165, 1.54) is 0 Å². The molecule has 1 saturated carbocycles. The molecule has 0 radical (unpaired) electrons. The molecule has 2 aromatic heterocycles. The van der Waals surface area contributed by atoms with E-state index in [0.29, 0.717) is 18.0 Å². The molecular formula is C10H12BrN5. The fourth-order valence-corrected chi connectivity index (χ4v) is 2.32. The predicted molar refractivity (Wildman–Crippen MR) is 65.3 cm³/mol. The summed E-state index contributed by atoms with van der Waals surface area (Å²) in [5.41, 5.74) is 6.56. The summed E-state index contributed by atoms with van der Waals surface area (Å²) < 4.78 is 2.70. The van der Waals surface area contributed by atoms with E-state index in [1.807, 2.05) is 18.3 Å². The van der Waals surface area contributed by atoms with Crippen molar-refractivity contribution in [1.82, 2.24) is 14.6 Å². The van der Waals surface area contributed by atoms with E-state index in [4.69, 9.17) is 5.73 Å². The molecule has 0 aliphatic heterocycles. The lowest BCUT2D eigenvalue weighted by molar-refractivity contribution is 0.372. The number of hydrogen-bond donors (Lipinski definition) is 2. The summed E-state index contributed by atoms with van der Waals surface area (Å²) in [7, 11) is 0. The molecule has 0 unspecified atom stereocenters. The van der Waals surface area contributed by atoms with Gasteiger partial charge >= 0.3 is 0 Å². The van der Waals surface area contributed by atoms with Gasteiger partial charge in [0.2, 0.25) is 5.95 Å². The van der Waals surface area contributed by atoms with Crippen LogP contribution in [0.5, 0.6) is 0 Å². The molecular weight excluding hydrogens is 270 g/mol. The van der Waals surface area contributed by atoms with Gasteiger partial charge in [0.15, 0.2) is 5.65 Å². The second kappa shape index (κ2) is 3.71. The zero-order valence-electron chi connectivity index (χ0n) is 8.60.